The molecule has 9 heteroatoms. The molecule has 0 spiro atoms. The fourth-order valence-electron chi connectivity index (χ4n) is 3.00. The third-order valence-electron chi connectivity index (χ3n) is 4.37. The maximum absolute atomic E-state index is 13.2. The molecular formula is C18H17BrClFN2O3S. The maximum Gasteiger partial charge on any atom is 0.243 e. The summed E-state index contributed by atoms with van der Waals surface area (Å²) in [6, 6.07) is 9.06. The molecule has 0 aliphatic carbocycles. The zero-order valence-corrected chi connectivity index (χ0v) is 17.3. The highest BCUT2D eigenvalue weighted by molar-refractivity contribution is 9.10. The molecule has 3 rings (SSSR count). The van der Waals surface area contributed by atoms with Gasteiger partial charge in [-0.2, -0.15) is 4.31 Å². The number of sulfonamides is 1. The van der Waals surface area contributed by atoms with E-state index in [9.17, 15) is 17.6 Å². The molecule has 1 fully saturated rings. The minimum absolute atomic E-state index is 0.0569. The third-order valence-corrected chi connectivity index (χ3v) is 7.13. The highest BCUT2D eigenvalue weighted by Crippen LogP contribution is 2.28. The first kappa shape index (κ1) is 20.3. The fraction of sp³-hybridized carbons (Fsp3) is 0.278. The zero-order valence-electron chi connectivity index (χ0n) is 14.2. The van der Waals surface area contributed by atoms with E-state index >= 15 is 0 Å². The summed E-state index contributed by atoms with van der Waals surface area (Å²) in [6.45, 7) is 0.258. The second-order valence-electron chi connectivity index (χ2n) is 6.19. The smallest absolute Gasteiger partial charge is 0.243 e. The summed E-state index contributed by atoms with van der Waals surface area (Å²) in [5, 5.41) is 2.68. The monoisotopic (exact) mass is 474 g/mol. The number of anilines is 1. The van der Waals surface area contributed by atoms with E-state index in [4.69, 9.17) is 11.6 Å². The molecular weight excluding hydrogens is 459 g/mol. The Kier molecular flexibility index (Phi) is 6.20. The molecule has 144 valence electrons. The average Bonchev–Trinajstić information content (AvgIpc) is 2.64. The summed E-state index contributed by atoms with van der Waals surface area (Å²) in [7, 11) is -3.82. The summed E-state index contributed by atoms with van der Waals surface area (Å²) in [4.78, 5) is 12.9. The van der Waals surface area contributed by atoms with Gasteiger partial charge in [0.1, 0.15) is 11.9 Å². The standard InChI is InChI=1S/C18H17BrClFN2O3S/c19-12-4-7-14(8-5-12)27(25,26)23-10-2-1-3-17(23)18(24)22-16-9-6-13(21)11-15(16)20/h4-9,11,17H,1-3,10H2,(H,22,24)/t17-/m1/s1. The van der Waals surface area contributed by atoms with Crippen molar-refractivity contribution in [1.82, 2.24) is 4.31 Å². The number of amides is 1. The van der Waals surface area contributed by atoms with E-state index in [1.807, 2.05) is 0 Å². The van der Waals surface area contributed by atoms with Crippen LogP contribution < -0.4 is 5.32 Å². The van der Waals surface area contributed by atoms with Crippen LogP contribution in [-0.2, 0) is 14.8 Å². The summed E-state index contributed by atoms with van der Waals surface area (Å²) < 4.78 is 41.2. The van der Waals surface area contributed by atoms with Crippen LogP contribution in [0, 0.1) is 5.82 Å². The molecule has 27 heavy (non-hydrogen) atoms. The Morgan fingerprint density at radius 2 is 1.89 bits per heavy atom. The van der Waals surface area contributed by atoms with Gasteiger partial charge in [0.15, 0.2) is 0 Å². The highest BCUT2D eigenvalue weighted by Gasteiger charge is 2.37. The van der Waals surface area contributed by atoms with Crippen molar-refractivity contribution in [2.75, 3.05) is 11.9 Å². The fourth-order valence-corrected chi connectivity index (χ4v) is 5.14. The van der Waals surface area contributed by atoms with Crippen LogP contribution in [0.3, 0.4) is 0 Å². The van der Waals surface area contributed by atoms with Gasteiger partial charge in [-0.1, -0.05) is 34.0 Å². The Balaban J connectivity index is 1.86. The number of benzene rings is 2. The van der Waals surface area contributed by atoms with Gasteiger partial charge in [0, 0.05) is 11.0 Å². The van der Waals surface area contributed by atoms with Gasteiger partial charge in [0.2, 0.25) is 15.9 Å². The molecule has 2 aromatic carbocycles. The minimum Gasteiger partial charge on any atom is -0.323 e. The van der Waals surface area contributed by atoms with Crippen LogP contribution in [0.2, 0.25) is 5.02 Å². The van der Waals surface area contributed by atoms with Crippen molar-refractivity contribution in [3.63, 3.8) is 0 Å². The van der Waals surface area contributed by atoms with Gasteiger partial charge in [-0.3, -0.25) is 4.79 Å². The number of hydrogen-bond donors (Lipinski definition) is 1. The van der Waals surface area contributed by atoms with E-state index in [0.717, 1.165) is 17.0 Å². The van der Waals surface area contributed by atoms with Gasteiger partial charge in [0.25, 0.3) is 0 Å². The normalized spacial score (nSPS) is 18.3. The lowest BCUT2D eigenvalue weighted by molar-refractivity contribution is -0.120. The Labute approximate surface area is 170 Å². The first-order valence-electron chi connectivity index (χ1n) is 8.32. The highest BCUT2D eigenvalue weighted by atomic mass is 79.9. The first-order valence-corrected chi connectivity index (χ1v) is 10.9. The van der Waals surface area contributed by atoms with Crippen LogP contribution in [0.5, 0.6) is 0 Å². The van der Waals surface area contributed by atoms with E-state index < -0.39 is 27.8 Å². The molecule has 1 atom stereocenters. The average molecular weight is 476 g/mol. The largest absolute Gasteiger partial charge is 0.323 e. The van der Waals surface area contributed by atoms with E-state index in [2.05, 4.69) is 21.2 Å². The lowest BCUT2D eigenvalue weighted by Gasteiger charge is -2.33. The third kappa shape index (κ3) is 4.51. The maximum atomic E-state index is 13.2. The van der Waals surface area contributed by atoms with Gasteiger partial charge in [-0.05, 0) is 55.3 Å². The van der Waals surface area contributed by atoms with Crippen LogP contribution >= 0.6 is 27.5 Å². The molecule has 1 aliphatic heterocycles. The summed E-state index contributed by atoms with van der Waals surface area (Å²) in [5.41, 5.74) is 0.245. The van der Waals surface area contributed by atoms with Gasteiger partial charge in [-0.25, -0.2) is 12.8 Å². The lowest BCUT2D eigenvalue weighted by atomic mass is 10.0. The Bertz CT molecular complexity index is 954. The second kappa shape index (κ2) is 8.26. The van der Waals surface area contributed by atoms with Crippen molar-refractivity contribution >= 4 is 49.1 Å². The van der Waals surface area contributed by atoms with Crippen LogP contribution in [0.15, 0.2) is 51.8 Å². The first-order chi connectivity index (χ1) is 12.8. The number of carbonyl (C=O) groups excluding carboxylic acids is 1. The quantitative estimate of drug-likeness (QED) is 0.712. The number of hydrogen-bond acceptors (Lipinski definition) is 3. The second-order valence-corrected chi connectivity index (χ2v) is 9.41. The number of halogens is 3. The van der Waals surface area contributed by atoms with Crippen LogP contribution in [0.4, 0.5) is 10.1 Å². The minimum atomic E-state index is -3.82. The zero-order chi connectivity index (χ0) is 19.6. The number of nitrogens with zero attached hydrogens (tertiary/aromatic N) is 1. The van der Waals surface area contributed by atoms with E-state index in [1.165, 1.54) is 28.6 Å². The van der Waals surface area contributed by atoms with E-state index in [1.54, 1.807) is 12.1 Å². The van der Waals surface area contributed by atoms with Crippen molar-refractivity contribution in [1.29, 1.82) is 0 Å². The molecule has 1 amide bonds. The Morgan fingerprint density at radius 3 is 2.56 bits per heavy atom. The topological polar surface area (TPSA) is 66.5 Å². The summed E-state index contributed by atoms with van der Waals surface area (Å²) >= 11 is 9.24. The van der Waals surface area contributed by atoms with Gasteiger partial charge >= 0.3 is 0 Å². The molecule has 0 unspecified atom stereocenters. The number of rotatable bonds is 4. The number of piperidine rings is 1. The van der Waals surface area contributed by atoms with Gasteiger partial charge < -0.3 is 5.32 Å². The lowest BCUT2D eigenvalue weighted by Crippen LogP contribution is -2.49. The molecule has 0 aromatic heterocycles. The predicted octanol–water partition coefficient (Wildman–Crippen LogP) is 4.42. The van der Waals surface area contributed by atoms with Crippen molar-refractivity contribution < 1.29 is 17.6 Å². The summed E-state index contributed by atoms with van der Waals surface area (Å²) in [5.74, 6) is -1.00. The molecule has 2 aromatic rings. The van der Waals surface area contributed by atoms with Gasteiger partial charge in [0.05, 0.1) is 15.6 Å². The molecule has 1 aliphatic rings. The SMILES string of the molecule is O=C(Nc1ccc(F)cc1Cl)[C@H]1CCCCN1S(=O)(=O)c1ccc(Br)cc1. The Hall–Kier alpha value is -1.48. The van der Waals surface area contributed by atoms with Crippen LogP contribution in [-0.4, -0.2) is 31.2 Å². The molecule has 0 saturated carbocycles. The van der Waals surface area contributed by atoms with Crippen molar-refractivity contribution in [2.24, 2.45) is 0 Å². The molecule has 1 N–H and O–H groups in total. The predicted molar refractivity (Wildman–Crippen MR) is 106 cm³/mol. The molecule has 0 bridgehead atoms. The van der Waals surface area contributed by atoms with Crippen molar-refractivity contribution in [3.8, 4) is 0 Å². The molecule has 1 saturated heterocycles. The molecule has 5 nitrogen and oxygen atoms in total. The Morgan fingerprint density at radius 1 is 1.19 bits per heavy atom. The summed E-state index contributed by atoms with van der Waals surface area (Å²) in [6.07, 6.45) is 1.82. The van der Waals surface area contributed by atoms with Crippen LogP contribution in [0.25, 0.3) is 0 Å². The molecule has 1 heterocycles. The van der Waals surface area contributed by atoms with E-state index in [0.29, 0.717) is 12.8 Å². The molecule has 0 radical (unpaired) electrons. The van der Waals surface area contributed by atoms with Crippen molar-refractivity contribution in [2.45, 2.75) is 30.2 Å². The van der Waals surface area contributed by atoms with Crippen LogP contribution in [0.1, 0.15) is 19.3 Å². The number of carbonyl (C=O) groups is 1. The van der Waals surface area contributed by atoms with Crippen molar-refractivity contribution in [3.05, 3.63) is 57.8 Å². The number of nitrogens with one attached hydrogen (secondary N) is 1. The van der Waals surface area contributed by atoms with E-state index in [-0.39, 0.29) is 22.2 Å². The van der Waals surface area contributed by atoms with Gasteiger partial charge in [-0.15, -0.1) is 0 Å².